The van der Waals surface area contributed by atoms with Gasteiger partial charge in [0.1, 0.15) is 17.6 Å². The number of benzene rings is 1. The van der Waals surface area contributed by atoms with E-state index in [9.17, 15) is 24.3 Å². The van der Waals surface area contributed by atoms with Crippen molar-refractivity contribution in [3.8, 4) is 23.1 Å². The van der Waals surface area contributed by atoms with Crippen LogP contribution in [0.3, 0.4) is 0 Å². The summed E-state index contributed by atoms with van der Waals surface area (Å²) in [5.41, 5.74) is -0.371. The summed E-state index contributed by atoms with van der Waals surface area (Å²) in [4.78, 5) is 27.7. The van der Waals surface area contributed by atoms with E-state index in [1.165, 1.54) is 12.1 Å². The fraction of sp³-hybridized carbons (Fsp3) is 0.222. The number of rotatable bonds is 6. The third kappa shape index (κ3) is 4.35. The zero-order valence-corrected chi connectivity index (χ0v) is 14.5. The van der Waals surface area contributed by atoms with Gasteiger partial charge in [0.05, 0.1) is 29.3 Å². The van der Waals surface area contributed by atoms with Crippen molar-refractivity contribution in [2.45, 2.75) is 19.8 Å². The van der Waals surface area contributed by atoms with Crippen LogP contribution in [-0.2, 0) is 9.53 Å². The monoisotopic (exact) mass is 376 g/mol. The van der Waals surface area contributed by atoms with Gasteiger partial charge in [0.2, 0.25) is 0 Å². The van der Waals surface area contributed by atoms with E-state index in [-0.39, 0.29) is 47.0 Å². The van der Waals surface area contributed by atoms with Crippen LogP contribution in [0.1, 0.15) is 35.8 Å². The fourth-order valence-corrected chi connectivity index (χ4v) is 2.43. The summed E-state index contributed by atoms with van der Waals surface area (Å²) in [6.07, 6.45) is -0.453. The molecule has 0 spiro atoms. The molecule has 0 bridgehead atoms. The van der Waals surface area contributed by atoms with Crippen molar-refractivity contribution in [3.05, 3.63) is 46.4 Å². The molecular weight excluding hydrogens is 363 g/mol. The minimum absolute atomic E-state index is 0.0586. The number of nitriles is 1. The molecule has 0 fully saturated rings. The number of pyridine rings is 1. The van der Waals surface area contributed by atoms with Gasteiger partial charge in [-0.3, -0.25) is 9.59 Å². The number of ether oxygens (including phenoxy) is 1. The average Bonchev–Trinajstić information content (AvgIpc) is 2.62. The van der Waals surface area contributed by atoms with Crippen LogP contribution in [0.5, 0.6) is 5.75 Å². The van der Waals surface area contributed by atoms with Gasteiger partial charge < -0.3 is 9.84 Å². The molecule has 1 aromatic carbocycles. The van der Waals surface area contributed by atoms with E-state index in [1.807, 2.05) is 0 Å². The lowest BCUT2D eigenvalue weighted by Crippen LogP contribution is -2.10. The van der Waals surface area contributed by atoms with Gasteiger partial charge in [-0.25, -0.2) is 9.37 Å². The molecule has 0 radical (unpaired) electrons. The first-order valence-corrected chi connectivity index (χ1v) is 8.03. The van der Waals surface area contributed by atoms with E-state index in [4.69, 9.17) is 16.3 Å². The second-order valence-electron chi connectivity index (χ2n) is 5.22. The Labute approximate surface area is 153 Å². The van der Waals surface area contributed by atoms with Crippen molar-refractivity contribution in [2.75, 3.05) is 6.61 Å². The first-order valence-electron chi connectivity index (χ1n) is 7.65. The molecule has 1 N–H and O–H groups in total. The quantitative estimate of drug-likeness (QED) is 0.610. The Balaban J connectivity index is 2.44. The minimum atomic E-state index is -0.651. The molecule has 0 saturated carbocycles. The van der Waals surface area contributed by atoms with E-state index in [0.717, 1.165) is 12.1 Å². The number of nitrogens with zero attached hydrogens (tertiary/aromatic N) is 2. The second kappa shape index (κ2) is 8.41. The Morgan fingerprint density at radius 1 is 1.35 bits per heavy atom. The zero-order chi connectivity index (χ0) is 19.3. The Bertz CT molecular complexity index is 909. The first kappa shape index (κ1) is 19.3. The van der Waals surface area contributed by atoms with Crippen molar-refractivity contribution < 1.29 is 23.8 Å². The first-order chi connectivity index (χ1) is 12.4. The molecule has 8 heteroatoms. The maximum atomic E-state index is 13.5. The van der Waals surface area contributed by atoms with Gasteiger partial charge in [-0.05, 0) is 31.2 Å². The summed E-state index contributed by atoms with van der Waals surface area (Å²) in [6, 6.07) is 6.53. The number of hydrogen-bond donors (Lipinski definition) is 1. The van der Waals surface area contributed by atoms with E-state index < -0.39 is 23.3 Å². The molecule has 0 aliphatic heterocycles. The predicted octanol–water partition coefficient (Wildman–Crippen LogP) is 3.64. The van der Waals surface area contributed by atoms with Gasteiger partial charge in [0.15, 0.2) is 11.5 Å². The lowest BCUT2D eigenvalue weighted by molar-refractivity contribution is -0.143. The highest BCUT2D eigenvalue weighted by Gasteiger charge is 2.21. The van der Waals surface area contributed by atoms with Crippen LogP contribution in [0.25, 0.3) is 11.3 Å². The van der Waals surface area contributed by atoms with E-state index >= 15 is 0 Å². The summed E-state index contributed by atoms with van der Waals surface area (Å²) < 4.78 is 18.3. The summed E-state index contributed by atoms with van der Waals surface area (Å²) in [6.45, 7) is 1.82. The Kier molecular flexibility index (Phi) is 6.26. The molecule has 134 valence electrons. The van der Waals surface area contributed by atoms with E-state index in [2.05, 4.69) is 4.98 Å². The van der Waals surface area contributed by atoms with Crippen LogP contribution < -0.4 is 0 Å². The van der Waals surface area contributed by atoms with Crippen molar-refractivity contribution in [3.63, 3.8) is 0 Å². The normalized spacial score (nSPS) is 10.2. The largest absolute Gasteiger partial charge is 0.504 e. The minimum Gasteiger partial charge on any atom is -0.504 e. The topological polar surface area (TPSA) is 100 Å². The molecular formula is C18H14ClFN2O4. The molecule has 2 rings (SSSR count). The second-order valence-corrected chi connectivity index (χ2v) is 5.62. The van der Waals surface area contributed by atoms with Crippen LogP contribution in [0, 0.1) is 17.1 Å². The number of aromatic hydroxyl groups is 1. The van der Waals surface area contributed by atoms with Gasteiger partial charge in [0, 0.05) is 12.0 Å². The maximum Gasteiger partial charge on any atom is 0.306 e. The number of ketones is 1. The number of hydrogen-bond acceptors (Lipinski definition) is 6. The third-order valence-electron chi connectivity index (χ3n) is 3.44. The maximum absolute atomic E-state index is 13.5. The van der Waals surface area contributed by atoms with Crippen molar-refractivity contribution in [1.82, 2.24) is 4.98 Å². The summed E-state index contributed by atoms with van der Waals surface area (Å²) >= 11 is 6.04. The summed E-state index contributed by atoms with van der Waals surface area (Å²) in [5, 5.41) is 19.4. The standard InChI is InChI=1S/C18H14ClFN2O4/c1-2-26-16(24)6-5-15(23)17-18(25)10(9-21)7-14(22-17)12-8-11(20)3-4-13(12)19/h3-4,7-8,25H,2,5-6H2,1H3. The van der Waals surface area contributed by atoms with Crippen molar-refractivity contribution in [2.24, 2.45) is 0 Å². The zero-order valence-electron chi connectivity index (χ0n) is 13.8. The molecule has 6 nitrogen and oxygen atoms in total. The Hall–Kier alpha value is -2.98. The molecule has 0 saturated heterocycles. The molecule has 1 aromatic heterocycles. The fourth-order valence-electron chi connectivity index (χ4n) is 2.22. The highest BCUT2D eigenvalue weighted by molar-refractivity contribution is 6.33. The number of aromatic nitrogens is 1. The smallest absolute Gasteiger partial charge is 0.306 e. The third-order valence-corrected chi connectivity index (χ3v) is 3.77. The van der Waals surface area contributed by atoms with Gasteiger partial charge in [0.25, 0.3) is 0 Å². The highest BCUT2D eigenvalue weighted by atomic mass is 35.5. The van der Waals surface area contributed by atoms with Crippen molar-refractivity contribution >= 4 is 23.4 Å². The molecule has 1 heterocycles. The van der Waals surface area contributed by atoms with E-state index in [0.29, 0.717) is 0 Å². The SMILES string of the molecule is CCOC(=O)CCC(=O)c1nc(-c2cc(F)ccc2Cl)cc(C#N)c1O. The Morgan fingerprint density at radius 2 is 2.08 bits per heavy atom. The molecule has 0 amide bonds. The summed E-state index contributed by atoms with van der Waals surface area (Å²) in [7, 11) is 0. The van der Waals surface area contributed by atoms with Gasteiger partial charge in [-0.1, -0.05) is 11.6 Å². The Morgan fingerprint density at radius 3 is 2.73 bits per heavy atom. The van der Waals surface area contributed by atoms with Crippen LogP contribution in [0.4, 0.5) is 4.39 Å². The molecule has 0 atom stereocenters. The van der Waals surface area contributed by atoms with Crippen LogP contribution in [0.2, 0.25) is 5.02 Å². The number of Topliss-reactive ketones (excluding diaryl/α,β-unsaturated/α-hetero) is 1. The number of carbonyl (C=O) groups excluding carboxylic acids is 2. The summed E-state index contributed by atoms with van der Waals surface area (Å²) in [5.74, 6) is -2.39. The predicted molar refractivity (Wildman–Crippen MR) is 91.2 cm³/mol. The van der Waals surface area contributed by atoms with E-state index in [1.54, 1.807) is 13.0 Å². The van der Waals surface area contributed by atoms with Gasteiger partial charge >= 0.3 is 5.97 Å². The van der Waals surface area contributed by atoms with Gasteiger partial charge in [-0.2, -0.15) is 5.26 Å². The molecule has 0 aliphatic carbocycles. The molecule has 26 heavy (non-hydrogen) atoms. The number of halogens is 2. The molecule has 2 aromatic rings. The van der Waals surface area contributed by atoms with Crippen molar-refractivity contribution in [1.29, 1.82) is 5.26 Å². The molecule has 0 unspecified atom stereocenters. The highest BCUT2D eigenvalue weighted by Crippen LogP contribution is 2.32. The average molecular weight is 377 g/mol. The lowest BCUT2D eigenvalue weighted by atomic mass is 10.0. The molecule has 0 aliphatic rings. The van der Waals surface area contributed by atoms with Crippen LogP contribution >= 0.6 is 11.6 Å². The van der Waals surface area contributed by atoms with Crippen LogP contribution in [0.15, 0.2) is 24.3 Å². The number of carbonyl (C=O) groups is 2. The lowest BCUT2D eigenvalue weighted by Gasteiger charge is -2.10. The number of esters is 1. The van der Waals surface area contributed by atoms with Gasteiger partial charge in [-0.15, -0.1) is 0 Å². The van der Waals surface area contributed by atoms with Crippen LogP contribution in [-0.4, -0.2) is 28.4 Å².